The van der Waals surface area contributed by atoms with Crippen molar-refractivity contribution in [3.05, 3.63) is 0 Å². The fourth-order valence-electron chi connectivity index (χ4n) is 2.11. The number of rotatable bonds is 2. The summed E-state index contributed by atoms with van der Waals surface area (Å²) < 4.78 is 0. The lowest BCUT2D eigenvalue weighted by atomic mass is 10.0. The number of amides is 1. The molecule has 1 N–H and O–H groups in total. The van der Waals surface area contributed by atoms with Crippen LogP contribution in [0.5, 0.6) is 0 Å². The average Bonchev–Trinajstić information content (AvgIpc) is 2.22. The molecule has 0 radical (unpaired) electrons. The van der Waals surface area contributed by atoms with E-state index in [0.29, 0.717) is 25.3 Å². The molecule has 1 heterocycles. The molecule has 1 atom stereocenters. The number of aliphatic hydroxyl groups excluding tert-OH is 1. The van der Waals surface area contributed by atoms with Gasteiger partial charge in [-0.3, -0.25) is 4.79 Å². The van der Waals surface area contributed by atoms with Crippen molar-refractivity contribution >= 4 is 5.91 Å². The molecule has 1 unspecified atom stereocenters. The number of β-amino-alcohol motifs (C(OH)–C–C–N with tert-alkyl or cyclic N) is 1. The summed E-state index contributed by atoms with van der Waals surface area (Å²) in [5, 5.41) is 9.52. The number of likely N-dealkylation sites (tertiary alicyclic amines) is 1. The topological polar surface area (TPSA) is 40.5 Å². The van der Waals surface area contributed by atoms with Gasteiger partial charge in [0.05, 0.1) is 6.10 Å². The highest BCUT2D eigenvalue weighted by Crippen LogP contribution is 2.29. The van der Waals surface area contributed by atoms with E-state index in [1.165, 1.54) is 0 Å². The van der Waals surface area contributed by atoms with E-state index < -0.39 is 0 Å². The molecule has 0 aliphatic carbocycles. The van der Waals surface area contributed by atoms with Gasteiger partial charge >= 0.3 is 0 Å². The number of nitrogens with zero attached hydrogens (tertiary/aromatic N) is 1. The second-order valence-electron chi connectivity index (χ2n) is 5.27. The smallest absolute Gasteiger partial charge is 0.223 e. The molecule has 0 aromatic rings. The van der Waals surface area contributed by atoms with Gasteiger partial charge in [0.1, 0.15) is 0 Å². The van der Waals surface area contributed by atoms with E-state index in [0.717, 1.165) is 0 Å². The highest BCUT2D eigenvalue weighted by atomic mass is 16.3. The van der Waals surface area contributed by atoms with Crippen LogP contribution in [0, 0.1) is 5.92 Å². The van der Waals surface area contributed by atoms with Crippen LogP contribution < -0.4 is 0 Å². The molecule has 82 valence electrons. The molecular weight excluding hydrogens is 178 g/mol. The van der Waals surface area contributed by atoms with Crippen molar-refractivity contribution in [1.82, 2.24) is 4.90 Å². The minimum atomic E-state index is -0.346. The van der Waals surface area contributed by atoms with Crippen molar-refractivity contribution in [3.8, 4) is 0 Å². The minimum absolute atomic E-state index is 0.168. The third kappa shape index (κ3) is 2.47. The number of carbonyl (C=O) groups excluding carboxylic acids is 1. The number of hydrogen-bond acceptors (Lipinski definition) is 2. The van der Waals surface area contributed by atoms with E-state index in [1.807, 2.05) is 32.6 Å². The van der Waals surface area contributed by atoms with E-state index >= 15 is 0 Å². The average molecular weight is 199 g/mol. The Balaban J connectivity index is 2.63. The molecule has 1 saturated heterocycles. The van der Waals surface area contributed by atoms with Gasteiger partial charge in [0, 0.05) is 18.5 Å². The summed E-state index contributed by atoms with van der Waals surface area (Å²) in [5.74, 6) is 0.553. The maximum Gasteiger partial charge on any atom is 0.223 e. The van der Waals surface area contributed by atoms with Crippen LogP contribution in [0.1, 0.15) is 40.5 Å². The van der Waals surface area contributed by atoms with E-state index in [1.54, 1.807) is 0 Å². The summed E-state index contributed by atoms with van der Waals surface area (Å²) >= 11 is 0. The van der Waals surface area contributed by atoms with Crippen molar-refractivity contribution in [2.75, 3.05) is 6.54 Å². The van der Waals surface area contributed by atoms with Gasteiger partial charge in [-0.1, -0.05) is 13.8 Å². The Morgan fingerprint density at radius 2 is 2.14 bits per heavy atom. The zero-order chi connectivity index (χ0) is 10.9. The summed E-state index contributed by atoms with van der Waals surface area (Å²) in [6.07, 6.45) is 0.925. The van der Waals surface area contributed by atoms with Crippen molar-refractivity contribution < 1.29 is 9.90 Å². The van der Waals surface area contributed by atoms with Crippen molar-refractivity contribution in [1.29, 1.82) is 0 Å². The monoisotopic (exact) mass is 199 g/mol. The van der Waals surface area contributed by atoms with E-state index in [-0.39, 0.29) is 17.6 Å². The second-order valence-corrected chi connectivity index (χ2v) is 5.27. The van der Waals surface area contributed by atoms with Crippen molar-refractivity contribution in [2.45, 2.75) is 52.2 Å². The molecule has 3 heteroatoms. The first-order valence-electron chi connectivity index (χ1n) is 5.31. The maximum atomic E-state index is 11.8. The lowest BCUT2D eigenvalue weighted by Crippen LogP contribution is -2.43. The van der Waals surface area contributed by atoms with Gasteiger partial charge < -0.3 is 10.0 Å². The predicted octanol–water partition coefficient (Wildman–Crippen LogP) is 1.40. The van der Waals surface area contributed by atoms with Crippen LogP contribution in [0.3, 0.4) is 0 Å². The SMILES string of the molecule is CC(C)CC(=O)N1CC(O)CC1(C)C. The molecule has 1 fully saturated rings. The standard InChI is InChI=1S/C11H21NO2/c1-8(2)5-10(14)12-7-9(13)6-11(12,3)4/h8-9,13H,5-7H2,1-4H3. The van der Waals surface area contributed by atoms with Crippen molar-refractivity contribution in [2.24, 2.45) is 5.92 Å². The quantitative estimate of drug-likeness (QED) is 0.730. The Hall–Kier alpha value is -0.570. The zero-order valence-corrected chi connectivity index (χ0v) is 9.58. The zero-order valence-electron chi connectivity index (χ0n) is 9.58. The van der Waals surface area contributed by atoms with Crippen LogP contribution in [0.15, 0.2) is 0 Å². The predicted molar refractivity (Wildman–Crippen MR) is 55.9 cm³/mol. The van der Waals surface area contributed by atoms with Gasteiger partial charge in [-0.05, 0) is 26.2 Å². The van der Waals surface area contributed by atoms with Gasteiger partial charge in [0.25, 0.3) is 0 Å². The van der Waals surface area contributed by atoms with E-state index in [4.69, 9.17) is 0 Å². The molecule has 1 rings (SSSR count). The largest absolute Gasteiger partial charge is 0.391 e. The Bertz CT molecular complexity index is 223. The van der Waals surface area contributed by atoms with Crippen LogP contribution in [0.25, 0.3) is 0 Å². The number of hydrogen-bond donors (Lipinski definition) is 1. The number of aliphatic hydroxyl groups is 1. The Kier molecular flexibility index (Phi) is 3.20. The minimum Gasteiger partial charge on any atom is -0.391 e. The molecule has 1 aliphatic rings. The van der Waals surface area contributed by atoms with E-state index in [9.17, 15) is 9.90 Å². The third-order valence-corrected chi connectivity index (χ3v) is 2.74. The van der Waals surface area contributed by atoms with Crippen LogP contribution in [-0.2, 0) is 4.79 Å². The normalized spacial score (nSPS) is 25.9. The van der Waals surface area contributed by atoms with Gasteiger partial charge in [0.15, 0.2) is 0 Å². The molecule has 1 aliphatic heterocycles. The van der Waals surface area contributed by atoms with Gasteiger partial charge in [0.2, 0.25) is 5.91 Å². The summed E-state index contributed by atoms with van der Waals surface area (Å²) in [6.45, 7) is 8.61. The molecule has 0 bridgehead atoms. The molecule has 3 nitrogen and oxygen atoms in total. The van der Waals surface area contributed by atoms with Gasteiger partial charge in [-0.15, -0.1) is 0 Å². The number of carbonyl (C=O) groups is 1. The lowest BCUT2D eigenvalue weighted by molar-refractivity contribution is -0.135. The lowest BCUT2D eigenvalue weighted by Gasteiger charge is -2.31. The molecule has 0 aromatic heterocycles. The first kappa shape index (κ1) is 11.5. The van der Waals surface area contributed by atoms with E-state index in [2.05, 4.69) is 0 Å². The van der Waals surface area contributed by atoms with Gasteiger partial charge in [-0.2, -0.15) is 0 Å². The van der Waals surface area contributed by atoms with Crippen LogP contribution >= 0.6 is 0 Å². The third-order valence-electron chi connectivity index (χ3n) is 2.74. The maximum absolute atomic E-state index is 11.8. The summed E-state index contributed by atoms with van der Waals surface area (Å²) in [4.78, 5) is 13.6. The Morgan fingerprint density at radius 1 is 1.57 bits per heavy atom. The molecule has 1 amide bonds. The fourth-order valence-corrected chi connectivity index (χ4v) is 2.11. The second kappa shape index (κ2) is 3.89. The van der Waals surface area contributed by atoms with Crippen LogP contribution in [0.2, 0.25) is 0 Å². The van der Waals surface area contributed by atoms with Crippen LogP contribution in [0.4, 0.5) is 0 Å². The van der Waals surface area contributed by atoms with Gasteiger partial charge in [-0.25, -0.2) is 0 Å². The summed E-state index contributed by atoms with van der Waals surface area (Å²) in [6, 6.07) is 0. The Labute approximate surface area is 86.1 Å². The molecule has 14 heavy (non-hydrogen) atoms. The van der Waals surface area contributed by atoms with Crippen LogP contribution in [-0.4, -0.2) is 34.1 Å². The van der Waals surface area contributed by atoms with Crippen molar-refractivity contribution in [3.63, 3.8) is 0 Å². The Morgan fingerprint density at radius 3 is 2.50 bits per heavy atom. The molecule has 0 aromatic carbocycles. The first-order valence-corrected chi connectivity index (χ1v) is 5.31. The first-order chi connectivity index (χ1) is 6.33. The highest BCUT2D eigenvalue weighted by Gasteiger charge is 2.40. The summed E-state index contributed by atoms with van der Waals surface area (Å²) in [5.41, 5.74) is -0.175. The highest BCUT2D eigenvalue weighted by molar-refractivity contribution is 5.77. The summed E-state index contributed by atoms with van der Waals surface area (Å²) in [7, 11) is 0. The molecule has 0 spiro atoms. The fraction of sp³-hybridized carbons (Fsp3) is 0.909. The molecular formula is C11H21NO2. The molecule has 0 saturated carbocycles.